The molecule has 0 saturated carbocycles. The molecule has 3 rings (SSSR count). The lowest BCUT2D eigenvalue weighted by atomic mass is 10.2. The van der Waals surface area contributed by atoms with E-state index in [4.69, 9.17) is 11.6 Å². The molecular weight excluding hydrogens is 378 g/mol. The first-order valence-corrected chi connectivity index (χ1v) is 9.73. The third kappa shape index (κ3) is 3.89. The molecular formula is C16H14ClN5O3S. The minimum Gasteiger partial charge on any atom is -0.345 e. The van der Waals surface area contributed by atoms with Gasteiger partial charge in [0.1, 0.15) is 0 Å². The van der Waals surface area contributed by atoms with Crippen LogP contribution in [-0.2, 0) is 16.4 Å². The zero-order valence-electron chi connectivity index (χ0n) is 13.6. The minimum absolute atomic E-state index is 0.0204. The van der Waals surface area contributed by atoms with Gasteiger partial charge in [0.15, 0.2) is 15.7 Å². The summed E-state index contributed by atoms with van der Waals surface area (Å²) in [6.07, 6.45) is 1.06. The van der Waals surface area contributed by atoms with Gasteiger partial charge in [-0.2, -0.15) is 4.68 Å². The molecule has 3 aromatic rings. The van der Waals surface area contributed by atoms with Gasteiger partial charge in [0.25, 0.3) is 5.91 Å². The fourth-order valence-corrected chi connectivity index (χ4v) is 3.34. The van der Waals surface area contributed by atoms with E-state index in [0.717, 1.165) is 6.26 Å². The largest absolute Gasteiger partial charge is 0.345 e. The van der Waals surface area contributed by atoms with E-state index in [9.17, 15) is 13.2 Å². The lowest BCUT2D eigenvalue weighted by Crippen LogP contribution is -2.26. The Hall–Kier alpha value is -2.78. The number of rotatable bonds is 5. The Morgan fingerprint density at radius 1 is 1.15 bits per heavy atom. The molecule has 134 valence electrons. The van der Waals surface area contributed by atoms with Crippen LogP contribution in [0.25, 0.3) is 5.69 Å². The van der Waals surface area contributed by atoms with Gasteiger partial charge in [0, 0.05) is 11.3 Å². The average Bonchev–Trinajstić information content (AvgIpc) is 3.08. The van der Waals surface area contributed by atoms with Gasteiger partial charge in [-0.25, -0.2) is 8.42 Å². The normalized spacial score (nSPS) is 11.3. The van der Waals surface area contributed by atoms with Crippen molar-refractivity contribution in [2.24, 2.45) is 0 Å². The van der Waals surface area contributed by atoms with Crippen LogP contribution in [0.5, 0.6) is 0 Å². The predicted octanol–water partition coefficient (Wildman–Crippen LogP) is 1.65. The van der Waals surface area contributed by atoms with Crippen LogP contribution in [0.1, 0.15) is 16.2 Å². The number of carbonyl (C=O) groups excluding carboxylic acids is 1. The van der Waals surface area contributed by atoms with Crippen LogP contribution >= 0.6 is 11.6 Å². The summed E-state index contributed by atoms with van der Waals surface area (Å²) in [4.78, 5) is 12.4. The van der Waals surface area contributed by atoms with E-state index in [-0.39, 0.29) is 17.0 Å². The van der Waals surface area contributed by atoms with Gasteiger partial charge in [-0.15, -0.1) is 5.10 Å². The van der Waals surface area contributed by atoms with Crippen molar-refractivity contribution in [1.29, 1.82) is 0 Å². The lowest BCUT2D eigenvalue weighted by molar-refractivity contribution is 0.0946. The molecule has 0 aliphatic rings. The first kappa shape index (κ1) is 18.0. The van der Waals surface area contributed by atoms with Crippen molar-refractivity contribution >= 4 is 27.3 Å². The number of halogens is 1. The molecule has 0 unspecified atom stereocenters. The van der Waals surface area contributed by atoms with Gasteiger partial charge in [-0.05, 0) is 46.8 Å². The highest BCUT2D eigenvalue weighted by molar-refractivity contribution is 7.90. The monoisotopic (exact) mass is 391 g/mol. The first-order valence-electron chi connectivity index (χ1n) is 7.47. The van der Waals surface area contributed by atoms with Crippen LogP contribution in [0.3, 0.4) is 0 Å². The molecule has 0 aliphatic carbocycles. The number of carbonyl (C=O) groups is 1. The highest BCUT2D eigenvalue weighted by Crippen LogP contribution is 2.16. The number of hydrogen-bond acceptors (Lipinski definition) is 6. The van der Waals surface area contributed by atoms with Crippen LogP contribution in [0.15, 0.2) is 53.4 Å². The number of nitrogens with one attached hydrogen (secondary N) is 1. The molecule has 1 amide bonds. The van der Waals surface area contributed by atoms with Gasteiger partial charge in [0.05, 0.1) is 22.7 Å². The van der Waals surface area contributed by atoms with E-state index in [1.807, 2.05) is 0 Å². The molecule has 1 heterocycles. The first-order chi connectivity index (χ1) is 12.4. The highest BCUT2D eigenvalue weighted by Gasteiger charge is 2.18. The summed E-state index contributed by atoms with van der Waals surface area (Å²) in [5.74, 6) is -0.144. The predicted molar refractivity (Wildman–Crippen MR) is 94.9 cm³/mol. The summed E-state index contributed by atoms with van der Waals surface area (Å²) in [7, 11) is -3.52. The van der Waals surface area contributed by atoms with Crippen LogP contribution in [-0.4, -0.2) is 40.8 Å². The van der Waals surface area contributed by atoms with Gasteiger partial charge in [-0.3, -0.25) is 4.79 Å². The summed E-state index contributed by atoms with van der Waals surface area (Å²) in [6.45, 7) is 0.0204. The molecule has 8 nitrogen and oxygen atoms in total. The molecule has 0 atom stereocenters. The molecule has 0 bridgehead atoms. The SMILES string of the molecule is CS(=O)(=O)c1ccccc1C(=O)NCc1nnnn1-c1ccc(Cl)cc1. The molecule has 0 aliphatic heterocycles. The fraction of sp³-hybridized carbons (Fsp3) is 0.125. The average molecular weight is 392 g/mol. The van der Waals surface area contributed by atoms with Gasteiger partial charge >= 0.3 is 0 Å². The third-order valence-corrected chi connectivity index (χ3v) is 4.95. The van der Waals surface area contributed by atoms with Gasteiger partial charge < -0.3 is 5.32 Å². The molecule has 1 N–H and O–H groups in total. The quantitative estimate of drug-likeness (QED) is 0.708. The van der Waals surface area contributed by atoms with E-state index >= 15 is 0 Å². The zero-order valence-corrected chi connectivity index (χ0v) is 15.2. The Morgan fingerprint density at radius 3 is 2.54 bits per heavy atom. The maximum absolute atomic E-state index is 12.4. The standard InChI is InChI=1S/C16H14ClN5O3S/c1-26(24,25)14-5-3-2-4-13(14)16(23)18-10-15-19-20-21-22(15)12-8-6-11(17)7-9-12/h2-9H,10H2,1H3,(H,18,23). The molecule has 0 radical (unpaired) electrons. The second-order valence-corrected chi connectivity index (χ2v) is 7.85. The second kappa shape index (κ2) is 7.22. The van der Waals surface area contributed by atoms with Crippen LogP contribution < -0.4 is 5.32 Å². The van der Waals surface area contributed by atoms with Crippen LogP contribution in [0.2, 0.25) is 5.02 Å². The minimum atomic E-state index is -3.52. The van der Waals surface area contributed by atoms with E-state index in [0.29, 0.717) is 16.5 Å². The summed E-state index contributed by atoms with van der Waals surface area (Å²) in [5.41, 5.74) is 0.751. The molecule has 26 heavy (non-hydrogen) atoms. The van der Waals surface area contributed by atoms with Crippen molar-refractivity contribution in [3.05, 3.63) is 64.9 Å². The highest BCUT2D eigenvalue weighted by atomic mass is 35.5. The Kier molecular flexibility index (Phi) is 5.01. The summed E-state index contributed by atoms with van der Waals surface area (Å²) < 4.78 is 25.1. The molecule has 0 fully saturated rings. The number of aromatic nitrogens is 4. The number of tetrazole rings is 1. The maximum atomic E-state index is 12.4. The van der Waals surface area contributed by atoms with Gasteiger partial charge in [0.2, 0.25) is 0 Å². The summed E-state index contributed by atoms with van der Waals surface area (Å²) in [6, 6.07) is 12.9. The topological polar surface area (TPSA) is 107 Å². The van der Waals surface area contributed by atoms with Crippen molar-refractivity contribution in [3.8, 4) is 5.69 Å². The Balaban J connectivity index is 1.80. The van der Waals surface area contributed by atoms with Crippen molar-refractivity contribution in [2.45, 2.75) is 11.4 Å². The summed E-state index contributed by atoms with van der Waals surface area (Å²) in [5, 5.41) is 14.6. The van der Waals surface area contributed by atoms with Crippen LogP contribution in [0, 0.1) is 0 Å². The van der Waals surface area contributed by atoms with Crippen molar-refractivity contribution in [3.63, 3.8) is 0 Å². The number of nitrogens with zero attached hydrogens (tertiary/aromatic N) is 4. The third-order valence-electron chi connectivity index (χ3n) is 3.54. The van der Waals surface area contributed by atoms with E-state index in [1.54, 1.807) is 36.4 Å². The van der Waals surface area contributed by atoms with Crippen LogP contribution in [0.4, 0.5) is 0 Å². The van der Waals surface area contributed by atoms with Gasteiger partial charge in [-0.1, -0.05) is 23.7 Å². The van der Waals surface area contributed by atoms with E-state index in [1.165, 1.54) is 16.8 Å². The van der Waals surface area contributed by atoms with E-state index < -0.39 is 15.7 Å². The molecule has 0 spiro atoms. The molecule has 1 aromatic heterocycles. The smallest absolute Gasteiger partial charge is 0.252 e. The zero-order chi connectivity index (χ0) is 18.7. The van der Waals surface area contributed by atoms with Crippen molar-refractivity contribution in [1.82, 2.24) is 25.5 Å². The second-order valence-electron chi connectivity index (χ2n) is 5.43. The Morgan fingerprint density at radius 2 is 1.85 bits per heavy atom. The lowest BCUT2D eigenvalue weighted by Gasteiger charge is -2.09. The van der Waals surface area contributed by atoms with Crippen molar-refractivity contribution < 1.29 is 13.2 Å². The molecule has 10 heteroatoms. The number of amides is 1. The number of hydrogen-bond donors (Lipinski definition) is 1. The molecule has 2 aromatic carbocycles. The molecule has 0 saturated heterocycles. The summed E-state index contributed by atoms with van der Waals surface area (Å²) >= 11 is 5.87. The maximum Gasteiger partial charge on any atom is 0.252 e. The fourth-order valence-electron chi connectivity index (χ4n) is 2.33. The van der Waals surface area contributed by atoms with E-state index in [2.05, 4.69) is 20.8 Å². The number of benzene rings is 2. The Bertz CT molecular complexity index is 1050. The van der Waals surface area contributed by atoms with Crippen molar-refractivity contribution in [2.75, 3.05) is 6.26 Å². The number of sulfone groups is 1. The Labute approximate surface area is 154 Å².